The fourth-order valence-corrected chi connectivity index (χ4v) is 13.6. The molecule has 0 aliphatic heterocycles. The summed E-state index contributed by atoms with van der Waals surface area (Å²) < 4.78 is 23.4. The SMILES string of the molecule is [Ir].[Ir].[Ir].[Ir].[c-]1ccccc1-c1cc2c(cn1)oc1ccccc12.[c-]1ccccc1-c1cc2oc3ccccc3c2cn1.[c-]1ccccc1-c1ccc2c(n1)oc1ccccc12.[c-]1ccccc1-c1ccccn1.[c-]1ccccc1-c1ccccn1.[c-]1ccccc1-c1ccccn1.[c-]1ccccc1-c1ccccn1.[c-]1ccccc1-c1nccc2c1oc1ccccc12. The molecule has 0 N–H and O–H groups in total. The van der Waals surface area contributed by atoms with Crippen molar-refractivity contribution in [1.82, 2.24) is 39.9 Å². The summed E-state index contributed by atoms with van der Waals surface area (Å²) >= 11 is 0. The first-order valence-corrected chi connectivity index (χ1v) is 40.1. The third kappa shape index (κ3) is 23.2. The number of fused-ring (bicyclic) bond motifs is 12. The minimum atomic E-state index is 0. The largest absolute Gasteiger partial charge is 0.464 e. The molecule has 12 heterocycles. The van der Waals surface area contributed by atoms with Gasteiger partial charge in [0.1, 0.15) is 33.5 Å². The zero-order valence-electron chi connectivity index (χ0n) is 68.1. The molecule has 4 radical (unpaired) electrons. The first kappa shape index (κ1) is 91.3. The maximum absolute atomic E-state index is 5.96. The molecule has 0 fully saturated rings. The van der Waals surface area contributed by atoms with Crippen molar-refractivity contribution in [2.45, 2.75) is 0 Å². The van der Waals surface area contributed by atoms with Crippen molar-refractivity contribution in [3.05, 3.63) is 486 Å². The van der Waals surface area contributed by atoms with Crippen molar-refractivity contribution >= 4 is 87.9 Å². The molecule has 0 saturated carbocycles. The van der Waals surface area contributed by atoms with Gasteiger partial charge in [0, 0.05) is 166 Å². The molecule has 0 spiro atoms. The van der Waals surface area contributed by atoms with Gasteiger partial charge in [-0.05, 0) is 101 Å². The van der Waals surface area contributed by atoms with E-state index in [1.54, 1.807) is 31.0 Å². The summed E-state index contributed by atoms with van der Waals surface area (Å²) in [5.41, 5.74) is 22.2. The number of rotatable bonds is 8. The smallest absolute Gasteiger partial charge is 0.218 e. The van der Waals surface area contributed by atoms with Crippen LogP contribution in [-0.2, 0) is 80.4 Å². The Labute approximate surface area is 795 Å². The Morgan fingerprint density at radius 3 is 0.898 bits per heavy atom. The molecule has 12 aromatic carbocycles. The average molecular weight is 2360 g/mol. The van der Waals surface area contributed by atoms with Crippen molar-refractivity contribution in [2.75, 3.05) is 0 Å². The van der Waals surface area contributed by atoms with Crippen LogP contribution in [0.25, 0.3) is 178 Å². The minimum Gasteiger partial charge on any atom is -0.464 e. The van der Waals surface area contributed by atoms with E-state index in [0.29, 0.717) is 5.71 Å². The topological polar surface area (TPSA) is 156 Å². The third-order valence-corrected chi connectivity index (χ3v) is 19.6. The molecule has 0 bridgehead atoms. The van der Waals surface area contributed by atoms with Gasteiger partial charge in [0.25, 0.3) is 0 Å². The molecule has 0 atom stereocenters. The maximum Gasteiger partial charge on any atom is 0.218 e. The molecular formula is C112H72Ir4N8O4-8. The van der Waals surface area contributed by atoms with E-state index < -0.39 is 0 Å². The van der Waals surface area contributed by atoms with Gasteiger partial charge >= 0.3 is 0 Å². The first-order chi connectivity index (χ1) is 61.5. The molecule has 24 rings (SSSR count). The van der Waals surface area contributed by atoms with E-state index in [2.05, 4.69) is 125 Å². The summed E-state index contributed by atoms with van der Waals surface area (Å²) in [4.78, 5) is 34.9. The second kappa shape index (κ2) is 46.6. The molecule has 0 saturated heterocycles. The quantitative estimate of drug-likeness (QED) is 0.133. The molecule has 12 nitrogen and oxygen atoms in total. The van der Waals surface area contributed by atoms with Crippen molar-refractivity contribution in [3.63, 3.8) is 0 Å². The van der Waals surface area contributed by atoms with Crippen LogP contribution in [0, 0.1) is 48.5 Å². The number of furan rings is 4. The second-order valence-electron chi connectivity index (χ2n) is 27.7. The van der Waals surface area contributed by atoms with Gasteiger partial charge in [-0.25, -0.2) is 0 Å². The van der Waals surface area contributed by atoms with Crippen LogP contribution >= 0.6 is 0 Å². The number of hydrogen-bond acceptors (Lipinski definition) is 12. The Morgan fingerprint density at radius 1 is 0.180 bits per heavy atom. The molecule has 24 aromatic rings. The Morgan fingerprint density at radius 2 is 0.500 bits per heavy atom. The van der Waals surface area contributed by atoms with E-state index in [9.17, 15) is 0 Å². The van der Waals surface area contributed by atoms with Gasteiger partial charge in [-0.3, -0.25) is 4.98 Å². The first-order valence-electron chi connectivity index (χ1n) is 40.1. The van der Waals surface area contributed by atoms with Gasteiger partial charge in [0.15, 0.2) is 5.58 Å². The number of para-hydroxylation sites is 4. The summed E-state index contributed by atoms with van der Waals surface area (Å²) in [7, 11) is 0. The number of benzene rings is 12. The minimum absolute atomic E-state index is 0. The molecule has 12 aromatic heterocycles. The molecule has 0 aliphatic rings. The van der Waals surface area contributed by atoms with Crippen molar-refractivity contribution < 1.29 is 98.1 Å². The van der Waals surface area contributed by atoms with Gasteiger partial charge in [-0.2, -0.15) is 0 Å². The van der Waals surface area contributed by atoms with Crippen LogP contribution in [0.15, 0.2) is 455 Å². The van der Waals surface area contributed by atoms with E-state index in [-0.39, 0.29) is 80.4 Å². The van der Waals surface area contributed by atoms with E-state index >= 15 is 0 Å². The van der Waals surface area contributed by atoms with Crippen molar-refractivity contribution in [2.24, 2.45) is 0 Å². The Kier molecular flexibility index (Phi) is 33.2. The van der Waals surface area contributed by atoms with Gasteiger partial charge in [0.05, 0.1) is 6.20 Å². The van der Waals surface area contributed by atoms with Gasteiger partial charge in [-0.15, -0.1) is 287 Å². The molecular weight excluding hydrogens is 2290 g/mol. The summed E-state index contributed by atoms with van der Waals surface area (Å²) in [6.07, 6.45) is 12.6. The van der Waals surface area contributed by atoms with Crippen LogP contribution in [-0.4, -0.2) is 39.9 Å². The monoisotopic (exact) mass is 2360 g/mol. The van der Waals surface area contributed by atoms with Crippen LogP contribution in [0.2, 0.25) is 0 Å². The molecule has 0 aliphatic carbocycles. The number of hydrogen-bond donors (Lipinski definition) is 0. The van der Waals surface area contributed by atoms with Crippen LogP contribution in [0.4, 0.5) is 0 Å². The van der Waals surface area contributed by atoms with Crippen LogP contribution < -0.4 is 0 Å². The Hall–Kier alpha value is -14.4. The summed E-state index contributed by atoms with van der Waals surface area (Å²) in [6.45, 7) is 0. The second-order valence-corrected chi connectivity index (χ2v) is 27.7. The van der Waals surface area contributed by atoms with E-state index in [1.165, 1.54) is 0 Å². The maximum atomic E-state index is 5.96. The van der Waals surface area contributed by atoms with Gasteiger partial charge < -0.3 is 52.6 Å². The third-order valence-electron chi connectivity index (χ3n) is 19.6. The Balaban J connectivity index is 0.000000126. The van der Waals surface area contributed by atoms with E-state index in [1.807, 2.05) is 370 Å². The number of nitrogens with zero attached hydrogens (tertiary/aromatic N) is 8. The number of aromatic nitrogens is 8. The van der Waals surface area contributed by atoms with E-state index in [0.717, 1.165) is 172 Å². The zero-order chi connectivity index (χ0) is 83.5. The summed E-state index contributed by atoms with van der Waals surface area (Å²) in [6, 6.07) is 154. The zero-order valence-corrected chi connectivity index (χ0v) is 77.7. The fourth-order valence-electron chi connectivity index (χ4n) is 13.6. The molecule has 628 valence electrons. The summed E-state index contributed by atoms with van der Waals surface area (Å²) in [5, 5.41) is 8.75. The van der Waals surface area contributed by atoms with Gasteiger partial charge in [0.2, 0.25) is 5.71 Å². The van der Waals surface area contributed by atoms with Crippen LogP contribution in [0.1, 0.15) is 0 Å². The molecule has 0 amide bonds. The van der Waals surface area contributed by atoms with Crippen LogP contribution in [0.3, 0.4) is 0 Å². The Bertz CT molecular complexity index is 6840. The van der Waals surface area contributed by atoms with Gasteiger partial charge in [-0.1, -0.05) is 140 Å². The predicted octanol–water partition coefficient (Wildman–Crippen LogP) is 28.0. The van der Waals surface area contributed by atoms with Crippen LogP contribution in [0.5, 0.6) is 0 Å². The summed E-state index contributed by atoms with van der Waals surface area (Å²) in [5.74, 6) is 0. The molecule has 0 unspecified atom stereocenters. The predicted molar refractivity (Wildman–Crippen MR) is 497 cm³/mol. The fraction of sp³-hybridized carbons (Fsp3) is 0. The van der Waals surface area contributed by atoms with Crippen molar-refractivity contribution in [3.8, 4) is 90.1 Å². The van der Waals surface area contributed by atoms with Crippen molar-refractivity contribution in [1.29, 1.82) is 0 Å². The standard InChI is InChI=1S/4C17H10NO.4C11H8N.4Ir/c1-2-6-12(7-3-1)15-10-17-14(11-18-15)13-8-4-5-9-16(13)19-17;1-2-6-12(7-3-1)15-10-14-13-8-4-5-9-16(13)19-17(14)11-18-15;1-2-6-12(7-3-1)15-11-10-14-13-8-4-5-9-16(13)19-17(14)18-15;1-2-6-12(7-3-1)16-17-14(10-11-18-16)13-8-4-5-9-15(13)19-17;4*1-2-6-10(7-3-1)11-8-4-5-9-12-11;;;;/h4*1-6,8-11H;4*1-6,8-9H;;;;/q8*-1;;;;. The average Bonchev–Trinajstić information content (AvgIpc) is 1.90. The molecule has 128 heavy (non-hydrogen) atoms. The van der Waals surface area contributed by atoms with E-state index in [4.69, 9.17) is 17.7 Å². The normalized spacial score (nSPS) is 10.2. The number of pyridine rings is 8. The molecule has 16 heteroatoms.